The zero-order valence-electron chi connectivity index (χ0n) is 18.7. The van der Waals surface area contributed by atoms with Gasteiger partial charge < -0.3 is 4.90 Å². The number of aromatic nitrogens is 4. The first-order chi connectivity index (χ1) is 16.1. The van der Waals surface area contributed by atoms with Gasteiger partial charge in [0.2, 0.25) is 5.91 Å². The van der Waals surface area contributed by atoms with E-state index < -0.39 is 0 Å². The highest BCUT2D eigenvalue weighted by Crippen LogP contribution is 2.34. The van der Waals surface area contributed by atoms with E-state index in [1.165, 1.54) is 17.3 Å². The number of thioether (sulfide) groups is 1. The lowest BCUT2D eigenvalue weighted by atomic mass is 10.0. The number of aryl methyl sites for hydroxylation is 2. The molecule has 5 rings (SSSR count). The van der Waals surface area contributed by atoms with Gasteiger partial charge in [-0.25, -0.2) is 0 Å². The topological polar surface area (TPSA) is 63.9 Å². The second-order valence-electron chi connectivity index (χ2n) is 8.15. The molecule has 7 heteroatoms. The van der Waals surface area contributed by atoms with Gasteiger partial charge >= 0.3 is 0 Å². The molecule has 0 saturated heterocycles. The molecule has 0 N–H and O–H groups in total. The number of nitrogens with zero attached hydrogens (tertiary/aromatic N) is 5. The SMILES string of the molecule is Cc1ccccc1-n1c(SC(C)C(=O)N2CCCc3ccccc32)nnc1-c1cccnc1. The summed E-state index contributed by atoms with van der Waals surface area (Å²) in [7, 11) is 0. The second kappa shape index (κ2) is 9.19. The number of rotatable bonds is 5. The summed E-state index contributed by atoms with van der Waals surface area (Å²) in [5, 5.41) is 9.37. The molecule has 0 fully saturated rings. The largest absolute Gasteiger partial charge is 0.311 e. The minimum absolute atomic E-state index is 0.0920. The molecule has 1 aliphatic heterocycles. The van der Waals surface area contributed by atoms with E-state index in [-0.39, 0.29) is 11.2 Å². The van der Waals surface area contributed by atoms with Crippen LogP contribution >= 0.6 is 11.8 Å². The van der Waals surface area contributed by atoms with Crippen molar-refractivity contribution in [2.75, 3.05) is 11.4 Å². The fourth-order valence-electron chi connectivity index (χ4n) is 4.25. The van der Waals surface area contributed by atoms with Gasteiger partial charge in [0.05, 0.1) is 10.9 Å². The van der Waals surface area contributed by atoms with E-state index in [4.69, 9.17) is 0 Å². The smallest absolute Gasteiger partial charge is 0.240 e. The van der Waals surface area contributed by atoms with Crippen molar-refractivity contribution in [3.63, 3.8) is 0 Å². The molecule has 2 aromatic heterocycles. The maximum Gasteiger partial charge on any atom is 0.240 e. The van der Waals surface area contributed by atoms with Crippen molar-refractivity contribution in [2.24, 2.45) is 0 Å². The molecule has 1 amide bonds. The summed E-state index contributed by atoms with van der Waals surface area (Å²) in [6.07, 6.45) is 5.51. The summed E-state index contributed by atoms with van der Waals surface area (Å²) in [6.45, 7) is 4.76. The summed E-state index contributed by atoms with van der Waals surface area (Å²) >= 11 is 1.44. The third kappa shape index (κ3) is 4.16. The number of carbonyl (C=O) groups excluding carboxylic acids is 1. The van der Waals surface area contributed by atoms with Crippen molar-refractivity contribution in [3.05, 3.63) is 84.2 Å². The molecule has 0 radical (unpaired) electrons. The molecule has 1 aliphatic rings. The van der Waals surface area contributed by atoms with Crippen LogP contribution in [0.15, 0.2) is 78.2 Å². The van der Waals surface area contributed by atoms with E-state index in [0.717, 1.165) is 41.9 Å². The fraction of sp³-hybridized carbons (Fsp3) is 0.231. The Kier molecular flexibility index (Phi) is 5.96. The van der Waals surface area contributed by atoms with Gasteiger partial charge in [-0.15, -0.1) is 10.2 Å². The maximum atomic E-state index is 13.5. The Balaban J connectivity index is 1.50. The Hall–Kier alpha value is -3.45. The molecule has 3 heterocycles. The summed E-state index contributed by atoms with van der Waals surface area (Å²) in [5.74, 6) is 0.803. The van der Waals surface area contributed by atoms with E-state index in [0.29, 0.717) is 11.0 Å². The van der Waals surface area contributed by atoms with E-state index in [9.17, 15) is 4.79 Å². The fourth-order valence-corrected chi connectivity index (χ4v) is 5.17. The summed E-state index contributed by atoms with van der Waals surface area (Å²) in [6, 6.07) is 20.2. The number of fused-ring (bicyclic) bond motifs is 1. The summed E-state index contributed by atoms with van der Waals surface area (Å²) < 4.78 is 2.03. The zero-order valence-corrected chi connectivity index (χ0v) is 19.5. The van der Waals surface area contributed by atoms with Crippen molar-refractivity contribution >= 4 is 23.4 Å². The first kappa shape index (κ1) is 21.4. The molecule has 1 atom stereocenters. The number of para-hydroxylation sites is 2. The van der Waals surface area contributed by atoms with Crippen molar-refractivity contribution < 1.29 is 4.79 Å². The molecule has 0 saturated carbocycles. The predicted octanol–water partition coefficient (Wildman–Crippen LogP) is 5.10. The highest BCUT2D eigenvalue weighted by Gasteiger charge is 2.29. The van der Waals surface area contributed by atoms with Gasteiger partial charge in [-0.3, -0.25) is 14.3 Å². The van der Waals surface area contributed by atoms with Crippen LogP contribution in [0, 0.1) is 6.92 Å². The number of hydrogen-bond donors (Lipinski definition) is 0. The minimum atomic E-state index is -0.315. The van der Waals surface area contributed by atoms with Crippen molar-refractivity contribution in [3.8, 4) is 17.1 Å². The molecule has 4 aromatic rings. The van der Waals surface area contributed by atoms with Crippen LogP contribution in [0.4, 0.5) is 5.69 Å². The minimum Gasteiger partial charge on any atom is -0.311 e. The van der Waals surface area contributed by atoms with Crippen LogP contribution in [0.2, 0.25) is 0 Å². The molecule has 33 heavy (non-hydrogen) atoms. The van der Waals surface area contributed by atoms with Gasteiger partial charge in [0, 0.05) is 30.2 Å². The van der Waals surface area contributed by atoms with Crippen molar-refractivity contribution in [1.82, 2.24) is 19.7 Å². The average molecular weight is 456 g/mol. The molecule has 0 aliphatic carbocycles. The normalized spacial score (nSPS) is 14.1. The third-order valence-electron chi connectivity index (χ3n) is 5.92. The van der Waals surface area contributed by atoms with Crippen LogP contribution in [0.5, 0.6) is 0 Å². The number of anilines is 1. The van der Waals surface area contributed by atoms with E-state index >= 15 is 0 Å². The number of carbonyl (C=O) groups is 1. The Labute approximate surface area is 197 Å². The highest BCUT2D eigenvalue weighted by atomic mass is 32.2. The standard InChI is InChI=1S/C26H25N5OS/c1-18-9-3-5-13-22(18)31-24(21-11-7-15-27-17-21)28-29-26(31)33-19(2)25(32)30-16-8-12-20-10-4-6-14-23(20)30/h3-7,9-11,13-15,17,19H,8,12,16H2,1-2H3. The average Bonchev–Trinajstić information content (AvgIpc) is 3.27. The molecule has 6 nitrogen and oxygen atoms in total. The second-order valence-corrected chi connectivity index (χ2v) is 9.46. The Morgan fingerprint density at radius 1 is 1.00 bits per heavy atom. The Bertz CT molecular complexity index is 1290. The summed E-state index contributed by atoms with van der Waals surface area (Å²) in [5.41, 5.74) is 5.23. The number of amides is 1. The molecule has 166 valence electrons. The van der Waals surface area contributed by atoms with Crippen LogP contribution in [0.3, 0.4) is 0 Å². The van der Waals surface area contributed by atoms with Gasteiger partial charge in [-0.05, 0) is 62.1 Å². The lowest BCUT2D eigenvalue weighted by Crippen LogP contribution is -2.40. The Morgan fingerprint density at radius 3 is 2.58 bits per heavy atom. The lowest BCUT2D eigenvalue weighted by Gasteiger charge is -2.31. The third-order valence-corrected chi connectivity index (χ3v) is 6.95. The van der Waals surface area contributed by atoms with Crippen LogP contribution in [-0.4, -0.2) is 37.5 Å². The predicted molar refractivity (Wildman–Crippen MR) is 132 cm³/mol. The lowest BCUT2D eigenvalue weighted by molar-refractivity contribution is -0.117. The maximum absolute atomic E-state index is 13.5. The molecule has 1 unspecified atom stereocenters. The number of hydrogen-bond acceptors (Lipinski definition) is 5. The van der Waals surface area contributed by atoms with E-state index in [1.54, 1.807) is 12.4 Å². The van der Waals surface area contributed by atoms with Crippen LogP contribution in [0.25, 0.3) is 17.1 Å². The quantitative estimate of drug-likeness (QED) is 0.392. The van der Waals surface area contributed by atoms with Crippen LogP contribution < -0.4 is 4.90 Å². The van der Waals surface area contributed by atoms with Gasteiger partial charge in [-0.2, -0.15) is 0 Å². The first-order valence-corrected chi connectivity index (χ1v) is 12.0. The van der Waals surface area contributed by atoms with Gasteiger partial charge in [-0.1, -0.05) is 48.2 Å². The highest BCUT2D eigenvalue weighted by molar-refractivity contribution is 8.00. The van der Waals surface area contributed by atoms with Crippen LogP contribution in [0.1, 0.15) is 24.5 Å². The van der Waals surface area contributed by atoms with E-state index in [2.05, 4.69) is 40.3 Å². The van der Waals surface area contributed by atoms with Crippen molar-refractivity contribution in [1.29, 1.82) is 0 Å². The monoisotopic (exact) mass is 455 g/mol. The van der Waals surface area contributed by atoms with Gasteiger partial charge in [0.15, 0.2) is 11.0 Å². The molecular weight excluding hydrogens is 430 g/mol. The molecule has 2 aromatic carbocycles. The number of pyridine rings is 1. The first-order valence-electron chi connectivity index (χ1n) is 11.1. The molecular formula is C26H25N5OS. The van der Waals surface area contributed by atoms with Gasteiger partial charge in [0.25, 0.3) is 0 Å². The Morgan fingerprint density at radius 2 is 1.79 bits per heavy atom. The van der Waals surface area contributed by atoms with Crippen molar-refractivity contribution in [2.45, 2.75) is 37.1 Å². The molecule has 0 bridgehead atoms. The van der Waals surface area contributed by atoms with Gasteiger partial charge in [0.1, 0.15) is 0 Å². The van der Waals surface area contributed by atoms with Crippen LogP contribution in [-0.2, 0) is 11.2 Å². The van der Waals surface area contributed by atoms with E-state index in [1.807, 2.05) is 58.9 Å². The zero-order chi connectivity index (χ0) is 22.8. The number of benzene rings is 2. The molecule has 0 spiro atoms. The summed E-state index contributed by atoms with van der Waals surface area (Å²) in [4.78, 5) is 19.7.